The number of methoxy groups -OCH3 is 1. The lowest BCUT2D eigenvalue weighted by atomic mass is 10.4. The van der Waals surface area contributed by atoms with Gasteiger partial charge in [-0.3, -0.25) is 14.8 Å². The molecule has 0 aliphatic heterocycles. The Balaban J connectivity index is 2.22. The van der Waals surface area contributed by atoms with Crippen LogP contribution in [0, 0.1) is 0 Å². The minimum Gasteiger partial charge on any atom is -0.496 e. The summed E-state index contributed by atoms with van der Waals surface area (Å²) < 4.78 is 5.08. The maximum absolute atomic E-state index is 11.5. The molecule has 0 spiro atoms. The van der Waals surface area contributed by atoms with Crippen molar-refractivity contribution in [2.45, 2.75) is 0 Å². The molecule has 0 saturated carbocycles. The predicted octanol–water partition coefficient (Wildman–Crippen LogP) is 0.677. The van der Waals surface area contributed by atoms with Crippen molar-refractivity contribution < 1.29 is 4.74 Å². The molecule has 3 aromatic heterocycles. The summed E-state index contributed by atoms with van der Waals surface area (Å²) in [5.41, 5.74) is -0.576. The third kappa shape index (κ3) is 1.63. The SMILES string of the molecule is COc1csc(-c2nc3[nH]c(=O)[nH]c(=O)c3[nH]2)c1. The van der Waals surface area contributed by atoms with Gasteiger partial charge < -0.3 is 9.72 Å². The highest BCUT2D eigenvalue weighted by Gasteiger charge is 2.11. The summed E-state index contributed by atoms with van der Waals surface area (Å²) in [7, 11) is 1.58. The molecular formula is C10H8N4O3S. The molecule has 0 atom stereocenters. The number of nitrogens with one attached hydrogen (secondary N) is 3. The molecule has 0 fully saturated rings. The van der Waals surface area contributed by atoms with Gasteiger partial charge in [0.1, 0.15) is 11.3 Å². The highest BCUT2D eigenvalue weighted by molar-refractivity contribution is 7.13. The van der Waals surface area contributed by atoms with Crippen LogP contribution >= 0.6 is 11.3 Å². The van der Waals surface area contributed by atoms with E-state index in [0.29, 0.717) is 5.82 Å². The van der Waals surface area contributed by atoms with E-state index in [-0.39, 0.29) is 11.2 Å². The molecule has 3 N–H and O–H groups in total. The number of imidazole rings is 1. The molecule has 3 heterocycles. The lowest BCUT2D eigenvalue weighted by Gasteiger charge is -1.89. The van der Waals surface area contributed by atoms with Gasteiger partial charge in [0.05, 0.1) is 12.0 Å². The molecule has 0 saturated heterocycles. The molecule has 0 radical (unpaired) electrons. The van der Waals surface area contributed by atoms with Crippen LogP contribution in [0.3, 0.4) is 0 Å². The van der Waals surface area contributed by atoms with E-state index < -0.39 is 11.2 Å². The Morgan fingerprint density at radius 2 is 2.11 bits per heavy atom. The van der Waals surface area contributed by atoms with E-state index in [1.54, 1.807) is 13.2 Å². The molecule has 0 aliphatic rings. The van der Waals surface area contributed by atoms with Crippen LogP contribution in [0.5, 0.6) is 5.75 Å². The Bertz CT molecular complexity index is 825. The number of ether oxygens (including phenoxy) is 1. The molecule has 3 aromatic rings. The molecule has 7 nitrogen and oxygen atoms in total. The number of rotatable bonds is 2. The largest absolute Gasteiger partial charge is 0.496 e. The van der Waals surface area contributed by atoms with Gasteiger partial charge in [-0.1, -0.05) is 0 Å². The van der Waals surface area contributed by atoms with Gasteiger partial charge in [-0.05, 0) is 0 Å². The van der Waals surface area contributed by atoms with Crippen molar-refractivity contribution in [3.8, 4) is 16.5 Å². The number of nitrogens with zero attached hydrogens (tertiary/aromatic N) is 1. The molecule has 18 heavy (non-hydrogen) atoms. The number of thiophene rings is 1. The van der Waals surface area contributed by atoms with Crippen LogP contribution in [-0.4, -0.2) is 27.0 Å². The Kier molecular flexibility index (Phi) is 2.30. The van der Waals surface area contributed by atoms with Crippen molar-refractivity contribution in [2.75, 3.05) is 7.11 Å². The molecule has 0 unspecified atom stereocenters. The Morgan fingerprint density at radius 1 is 1.28 bits per heavy atom. The van der Waals surface area contributed by atoms with E-state index in [9.17, 15) is 9.59 Å². The van der Waals surface area contributed by atoms with Gasteiger partial charge in [-0.2, -0.15) is 0 Å². The summed E-state index contributed by atoms with van der Waals surface area (Å²) in [6.45, 7) is 0. The quantitative estimate of drug-likeness (QED) is 0.633. The maximum Gasteiger partial charge on any atom is 0.327 e. The minimum atomic E-state index is -0.575. The second-order valence-corrected chi connectivity index (χ2v) is 4.48. The highest BCUT2D eigenvalue weighted by Crippen LogP contribution is 2.29. The van der Waals surface area contributed by atoms with E-state index in [1.807, 2.05) is 5.38 Å². The molecule has 0 aromatic carbocycles. The molecule has 8 heteroatoms. The predicted molar refractivity (Wildman–Crippen MR) is 67.2 cm³/mol. The van der Waals surface area contributed by atoms with E-state index in [4.69, 9.17) is 4.74 Å². The summed E-state index contributed by atoms with van der Waals surface area (Å²) in [5, 5.41) is 1.83. The summed E-state index contributed by atoms with van der Waals surface area (Å²) in [5.74, 6) is 1.24. The topological polar surface area (TPSA) is 104 Å². The Labute approximate surface area is 103 Å². The second kappa shape index (κ2) is 3.84. The van der Waals surface area contributed by atoms with Crippen molar-refractivity contribution in [3.05, 3.63) is 32.3 Å². The first-order valence-corrected chi connectivity index (χ1v) is 5.90. The van der Waals surface area contributed by atoms with E-state index >= 15 is 0 Å². The lowest BCUT2D eigenvalue weighted by molar-refractivity contribution is 0.417. The summed E-state index contributed by atoms with van der Waals surface area (Å²) in [4.78, 5) is 35.1. The summed E-state index contributed by atoms with van der Waals surface area (Å²) in [6.07, 6.45) is 0. The average molecular weight is 264 g/mol. The maximum atomic E-state index is 11.5. The Morgan fingerprint density at radius 3 is 2.83 bits per heavy atom. The fraction of sp³-hybridized carbons (Fsp3) is 0.100. The van der Waals surface area contributed by atoms with Gasteiger partial charge in [0, 0.05) is 11.4 Å². The average Bonchev–Trinajstić information content (AvgIpc) is 2.93. The van der Waals surface area contributed by atoms with Gasteiger partial charge in [-0.15, -0.1) is 11.3 Å². The standard InChI is InChI=1S/C10H8N4O3S/c1-17-4-2-5(18-3-4)7-11-6-8(12-7)13-10(16)14-9(6)15/h2-3H,1H3,(H3,11,12,13,14,15,16). The van der Waals surface area contributed by atoms with Gasteiger partial charge in [0.25, 0.3) is 5.56 Å². The van der Waals surface area contributed by atoms with Crippen LogP contribution in [0.1, 0.15) is 0 Å². The number of hydrogen-bond acceptors (Lipinski definition) is 5. The third-order valence-corrected chi connectivity index (χ3v) is 3.35. The van der Waals surface area contributed by atoms with Gasteiger partial charge in [0.15, 0.2) is 11.5 Å². The van der Waals surface area contributed by atoms with Crippen molar-refractivity contribution in [1.29, 1.82) is 0 Å². The fourth-order valence-electron chi connectivity index (χ4n) is 1.60. The molecule has 92 valence electrons. The zero-order valence-electron chi connectivity index (χ0n) is 9.23. The van der Waals surface area contributed by atoms with Crippen LogP contribution in [-0.2, 0) is 0 Å². The zero-order valence-corrected chi connectivity index (χ0v) is 10.1. The van der Waals surface area contributed by atoms with Crippen LogP contribution in [0.2, 0.25) is 0 Å². The van der Waals surface area contributed by atoms with Crippen molar-refractivity contribution in [3.63, 3.8) is 0 Å². The Hall–Kier alpha value is -2.35. The van der Waals surface area contributed by atoms with Gasteiger partial charge >= 0.3 is 5.69 Å². The third-order valence-electron chi connectivity index (χ3n) is 2.43. The van der Waals surface area contributed by atoms with E-state index in [2.05, 4.69) is 19.9 Å². The zero-order chi connectivity index (χ0) is 12.7. The highest BCUT2D eigenvalue weighted by atomic mass is 32.1. The first-order valence-electron chi connectivity index (χ1n) is 5.02. The van der Waals surface area contributed by atoms with E-state index in [0.717, 1.165) is 10.6 Å². The number of H-pyrrole nitrogens is 3. The number of hydrogen-bond donors (Lipinski definition) is 3. The van der Waals surface area contributed by atoms with E-state index in [1.165, 1.54) is 11.3 Å². The number of aromatic nitrogens is 4. The molecular weight excluding hydrogens is 256 g/mol. The normalized spacial score (nSPS) is 10.9. The van der Waals surface area contributed by atoms with Crippen LogP contribution in [0.15, 0.2) is 21.0 Å². The number of fused-ring (bicyclic) bond motifs is 1. The summed E-state index contributed by atoms with van der Waals surface area (Å²) >= 11 is 1.43. The van der Waals surface area contributed by atoms with Crippen molar-refractivity contribution >= 4 is 22.5 Å². The smallest absolute Gasteiger partial charge is 0.327 e. The molecule has 0 bridgehead atoms. The lowest BCUT2D eigenvalue weighted by Crippen LogP contribution is -2.21. The summed E-state index contributed by atoms with van der Waals surface area (Å²) in [6, 6.07) is 1.80. The van der Waals surface area contributed by atoms with Crippen LogP contribution < -0.4 is 16.0 Å². The monoisotopic (exact) mass is 264 g/mol. The molecule has 0 aliphatic carbocycles. The minimum absolute atomic E-state index is 0.242. The second-order valence-electron chi connectivity index (χ2n) is 3.57. The van der Waals surface area contributed by atoms with Crippen LogP contribution in [0.4, 0.5) is 0 Å². The first kappa shape index (κ1) is 10.8. The van der Waals surface area contributed by atoms with Crippen molar-refractivity contribution in [1.82, 2.24) is 19.9 Å². The van der Waals surface area contributed by atoms with Crippen LogP contribution in [0.25, 0.3) is 21.9 Å². The van der Waals surface area contributed by atoms with Gasteiger partial charge in [-0.25, -0.2) is 9.78 Å². The molecule has 0 amide bonds. The van der Waals surface area contributed by atoms with Gasteiger partial charge in [0.2, 0.25) is 0 Å². The number of aromatic amines is 3. The fourth-order valence-corrected chi connectivity index (χ4v) is 2.40. The van der Waals surface area contributed by atoms with Crippen molar-refractivity contribution in [2.24, 2.45) is 0 Å². The molecule has 3 rings (SSSR count). The first-order chi connectivity index (χ1) is 8.67.